The Morgan fingerprint density at radius 2 is 2.00 bits per heavy atom. The Morgan fingerprint density at radius 3 is 2.31 bits per heavy atom. The van der Waals surface area contributed by atoms with E-state index in [-0.39, 0.29) is 18.9 Å². The molecule has 0 bridgehead atoms. The summed E-state index contributed by atoms with van der Waals surface area (Å²) in [6.07, 6.45) is 1.29. The highest BCUT2D eigenvalue weighted by molar-refractivity contribution is 5.88. The molecule has 0 aromatic heterocycles. The normalized spacial score (nSPS) is 11.2. The molecule has 0 radical (unpaired) electrons. The van der Waals surface area contributed by atoms with Gasteiger partial charge in [0.25, 0.3) is 0 Å². The third-order valence-electron chi connectivity index (χ3n) is 1.43. The van der Waals surface area contributed by atoms with Crippen molar-refractivity contribution in [2.75, 3.05) is 13.2 Å². The molecule has 0 fully saturated rings. The van der Waals surface area contributed by atoms with Gasteiger partial charge in [-0.25, -0.2) is 4.79 Å². The lowest BCUT2D eigenvalue weighted by Crippen LogP contribution is -2.36. The average molecular weight is 186 g/mol. The molecular formula is C8H14N2O3. The highest BCUT2D eigenvalue weighted by atomic mass is 16.3. The monoisotopic (exact) mass is 186 g/mol. The smallest absolute Gasteiger partial charge is 0.319 e. The van der Waals surface area contributed by atoms with Crippen LogP contribution in [0.4, 0.5) is 4.79 Å². The SMILES string of the molecule is CC(=O)/C=C(/C)N(CCO)C(N)=O. The van der Waals surface area contributed by atoms with Crippen LogP contribution in [-0.2, 0) is 4.79 Å². The first-order valence-corrected chi connectivity index (χ1v) is 3.85. The van der Waals surface area contributed by atoms with Crippen molar-refractivity contribution in [2.24, 2.45) is 5.73 Å². The number of hydrogen-bond acceptors (Lipinski definition) is 3. The quantitative estimate of drug-likeness (QED) is 0.599. The van der Waals surface area contributed by atoms with Gasteiger partial charge in [-0.05, 0) is 13.8 Å². The zero-order valence-electron chi connectivity index (χ0n) is 7.78. The molecule has 13 heavy (non-hydrogen) atoms. The first-order chi connectivity index (χ1) is 5.99. The van der Waals surface area contributed by atoms with Crippen LogP contribution in [0, 0.1) is 0 Å². The molecule has 0 rings (SSSR count). The van der Waals surface area contributed by atoms with Gasteiger partial charge in [-0.2, -0.15) is 0 Å². The van der Waals surface area contributed by atoms with Gasteiger partial charge in [-0.1, -0.05) is 0 Å². The van der Waals surface area contributed by atoms with Crippen LogP contribution in [0.3, 0.4) is 0 Å². The lowest BCUT2D eigenvalue weighted by molar-refractivity contribution is -0.112. The van der Waals surface area contributed by atoms with Crippen molar-refractivity contribution in [1.82, 2.24) is 4.90 Å². The van der Waals surface area contributed by atoms with E-state index in [2.05, 4.69) is 0 Å². The van der Waals surface area contributed by atoms with E-state index >= 15 is 0 Å². The Kier molecular flexibility index (Phi) is 4.76. The maximum Gasteiger partial charge on any atom is 0.319 e. The van der Waals surface area contributed by atoms with Gasteiger partial charge in [-0.3, -0.25) is 9.69 Å². The first-order valence-electron chi connectivity index (χ1n) is 3.85. The number of carbonyl (C=O) groups is 2. The predicted octanol–water partition coefficient (Wildman–Crippen LogP) is -0.148. The van der Waals surface area contributed by atoms with Crippen molar-refractivity contribution in [2.45, 2.75) is 13.8 Å². The fourth-order valence-corrected chi connectivity index (χ4v) is 0.932. The molecule has 0 unspecified atom stereocenters. The van der Waals surface area contributed by atoms with Crippen molar-refractivity contribution >= 4 is 11.8 Å². The number of ketones is 1. The van der Waals surface area contributed by atoms with Crippen LogP contribution in [-0.4, -0.2) is 35.0 Å². The van der Waals surface area contributed by atoms with E-state index in [9.17, 15) is 9.59 Å². The van der Waals surface area contributed by atoms with Crippen molar-refractivity contribution in [1.29, 1.82) is 0 Å². The predicted molar refractivity (Wildman–Crippen MR) is 47.8 cm³/mol. The zero-order valence-corrected chi connectivity index (χ0v) is 7.78. The molecule has 0 aliphatic carbocycles. The van der Waals surface area contributed by atoms with Crippen LogP contribution in [0.1, 0.15) is 13.8 Å². The number of nitrogens with two attached hydrogens (primary N) is 1. The molecule has 0 spiro atoms. The molecule has 0 aromatic carbocycles. The Labute approximate surface area is 76.8 Å². The van der Waals surface area contributed by atoms with E-state index in [0.29, 0.717) is 5.70 Å². The summed E-state index contributed by atoms with van der Waals surface area (Å²) < 4.78 is 0. The number of hydrogen-bond donors (Lipinski definition) is 2. The molecule has 5 nitrogen and oxygen atoms in total. The third kappa shape index (κ3) is 4.27. The van der Waals surface area contributed by atoms with E-state index in [4.69, 9.17) is 10.8 Å². The fourth-order valence-electron chi connectivity index (χ4n) is 0.932. The number of allylic oxidation sites excluding steroid dienone is 2. The van der Waals surface area contributed by atoms with E-state index in [1.165, 1.54) is 13.0 Å². The minimum absolute atomic E-state index is 0.102. The van der Waals surface area contributed by atoms with Crippen LogP contribution in [0.2, 0.25) is 0 Å². The highest BCUT2D eigenvalue weighted by Gasteiger charge is 2.10. The number of amides is 2. The fraction of sp³-hybridized carbons (Fsp3) is 0.500. The minimum atomic E-state index is -0.677. The molecular weight excluding hydrogens is 172 g/mol. The maximum atomic E-state index is 10.8. The zero-order chi connectivity index (χ0) is 10.4. The van der Waals surface area contributed by atoms with Gasteiger partial charge >= 0.3 is 6.03 Å². The molecule has 0 heterocycles. The van der Waals surface area contributed by atoms with E-state index < -0.39 is 6.03 Å². The first kappa shape index (κ1) is 11.6. The van der Waals surface area contributed by atoms with Crippen molar-refractivity contribution in [3.8, 4) is 0 Å². The molecule has 0 atom stereocenters. The number of nitrogens with zero attached hydrogens (tertiary/aromatic N) is 1. The molecule has 0 aliphatic rings. The summed E-state index contributed by atoms with van der Waals surface area (Å²) in [4.78, 5) is 22.6. The molecule has 0 aromatic rings. The minimum Gasteiger partial charge on any atom is -0.395 e. The number of aliphatic hydroxyl groups is 1. The molecule has 3 N–H and O–H groups in total. The second-order valence-corrected chi connectivity index (χ2v) is 2.61. The van der Waals surface area contributed by atoms with Crippen LogP contribution in [0.15, 0.2) is 11.8 Å². The standard InChI is InChI=1S/C8H14N2O3/c1-6(5-7(2)12)10(3-4-11)8(9)13/h5,11H,3-4H2,1-2H3,(H2,9,13)/b6-5-. The van der Waals surface area contributed by atoms with Crippen LogP contribution in [0.25, 0.3) is 0 Å². The molecule has 0 saturated carbocycles. The van der Waals surface area contributed by atoms with E-state index in [1.54, 1.807) is 6.92 Å². The number of urea groups is 1. The summed E-state index contributed by atoms with van der Waals surface area (Å²) in [5.74, 6) is -0.165. The average Bonchev–Trinajstić information content (AvgIpc) is 1.97. The topological polar surface area (TPSA) is 83.6 Å². The molecule has 2 amide bonds. The van der Waals surface area contributed by atoms with Gasteiger partial charge in [0.2, 0.25) is 0 Å². The number of carbonyl (C=O) groups excluding carboxylic acids is 2. The Bertz CT molecular complexity index is 236. The van der Waals surface area contributed by atoms with Crippen molar-refractivity contribution < 1.29 is 14.7 Å². The van der Waals surface area contributed by atoms with Gasteiger partial charge < -0.3 is 10.8 Å². The summed E-state index contributed by atoms with van der Waals surface area (Å²) >= 11 is 0. The Hall–Kier alpha value is -1.36. The van der Waals surface area contributed by atoms with Gasteiger partial charge in [0.1, 0.15) is 0 Å². The van der Waals surface area contributed by atoms with E-state index in [1.807, 2.05) is 0 Å². The summed E-state index contributed by atoms with van der Waals surface area (Å²) in [6.45, 7) is 2.88. The second-order valence-electron chi connectivity index (χ2n) is 2.61. The second kappa shape index (κ2) is 5.31. The number of primary amides is 1. The molecule has 0 aliphatic heterocycles. The largest absolute Gasteiger partial charge is 0.395 e. The lowest BCUT2D eigenvalue weighted by atomic mass is 10.3. The summed E-state index contributed by atoms with van der Waals surface area (Å²) in [7, 11) is 0. The molecule has 74 valence electrons. The van der Waals surface area contributed by atoms with Gasteiger partial charge in [0.15, 0.2) is 5.78 Å². The summed E-state index contributed by atoms with van der Waals surface area (Å²) in [5.41, 5.74) is 5.46. The van der Waals surface area contributed by atoms with Crippen LogP contribution in [0.5, 0.6) is 0 Å². The van der Waals surface area contributed by atoms with Crippen LogP contribution < -0.4 is 5.73 Å². The highest BCUT2D eigenvalue weighted by Crippen LogP contribution is 2.02. The lowest BCUT2D eigenvalue weighted by Gasteiger charge is -2.19. The molecule has 5 heteroatoms. The number of rotatable bonds is 4. The Balaban J connectivity index is 4.54. The van der Waals surface area contributed by atoms with Crippen LogP contribution >= 0.6 is 0 Å². The van der Waals surface area contributed by atoms with Gasteiger partial charge in [0.05, 0.1) is 13.2 Å². The van der Waals surface area contributed by atoms with Gasteiger partial charge in [-0.15, -0.1) is 0 Å². The third-order valence-corrected chi connectivity index (χ3v) is 1.43. The summed E-state index contributed by atoms with van der Waals surface area (Å²) in [5, 5.41) is 8.61. The van der Waals surface area contributed by atoms with E-state index in [0.717, 1.165) is 4.90 Å². The summed E-state index contributed by atoms with van der Waals surface area (Å²) in [6, 6.07) is -0.677. The Morgan fingerprint density at radius 1 is 1.46 bits per heavy atom. The molecule has 0 saturated heterocycles. The van der Waals surface area contributed by atoms with Gasteiger partial charge in [0, 0.05) is 11.8 Å². The number of aliphatic hydroxyl groups excluding tert-OH is 1. The van der Waals surface area contributed by atoms with Crippen molar-refractivity contribution in [3.05, 3.63) is 11.8 Å². The van der Waals surface area contributed by atoms with Crippen molar-refractivity contribution in [3.63, 3.8) is 0 Å². The maximum absolute atomic E-state index is 10.8.